The molecule has 138 valence electrons. The second-order valence-corrected chi connectivity index (χ2v) is 7.32. The standard InChI is InChI=1S/C23H20N4S/c1-18-9-11-21(12-10-18)27-22(20-13-15-24-16-14-20)25-26-23(27)28-17-5-8-19-6-3-2-4-7-19/h2-16H,17H2,1H3/b8-5+. The van der Waals surface area contributed by atoms with E-state index in [0.717, 1.165) is 28.0 Å². The molecule has 0 bridgehead atoms. The van der Waals surface area contributed by atoms with Gasteiger partial charge in [0, 0.05) is 29.4 Å². The van der Waals surface area contributed by atoms with Crippen LogP contribution in [-0.2, 0) is 0 Å². The van der Waals surface area contributed by atoms with E-state index in [-0.39, 0.29) is 0 Å². The third-order valence-electron chi connectivity index (χ3n) is 4.28. The molecule has 28 heavy (non-hydrogen) atoms. The molecule has 4 nitrogen and oxygen atoms in total. The molecule has 0 N–H and O–H groups in total. The Balaban J connectivity index is 1.62. The number of hydrogen-bond acceptors (Lipinski definition) is 4. The summed E-state index contributed by atoms with van der Waals surface area (Å²) < 4.78 is 2.11. The zero-order valence-electron chi connectivity index (χ0n) is 15.6. The maximum absolute atomic E-state index is 4.46. The van der Waals surface area contributed by atoms with Crippen LogP contribution in [0.4, 0.5) is 0 Å². The normalized spacial score (nSPS) is 11.2. The van der Waals surface area contributed by atoms with Crippen LogP contribution in [-0.4, -0.2) is 25.5 Å². The molecule has 0 amide bonds. The molecule has 0 unspecified atom stereocenters. The van der Waals surface area contributed by atoms with Gasteiger partial charge in [-0.1, -0.05) is 71.9 Å². The first-order chi connectivity index (χ1) is 13.8. The molecule has 4 rings (SSSR count). The van der Waals surface area contributed by atoms with E-state index in [2.05, 4.69) is 75.2 Å². The summed E-state index contributed by atoms with van der Waals surface area (Å²) in [5.74, 6) is 1.63. The number of rotatable bonds is 6. The van der Waals surface area contributed by atoms with Gasteiger partial charge in [0.25, 0.3) is 0 Å². The van der Waals surface area contributed by atoms with E-state index in [9.17, 15) is 0 Å². The smallest absolute Gasteiger partial charge is 0.196 e. The predicted octanol–water partition coefficient (Wildman–Crippen LogP) is 5.44. The Morgan fingerprint density at radius 2 is 1.64 bits per heavy atom. The topological polar surface area (TPSA) is 43.6 Å². The molecule has 0 aliphatic heterocycles. The maximum Gasteiger partial charge on any atom is 0.196 e. The van der Waals surface area contributed by atoms with Crippen LogP contribution in [0.1, 0.15) is 11.1 Å². The zero-order valence-corrected chi connectivity index (χ0v) is 16.4. The van der Waals surface area contributed by atoms with Crippen molar-refractivity contribution in [2.75, 3.05) is 5.75 Å². The summed E-state index contributed by atoms with van der Waals surface area (Å²) >= 11 is 1.67. The monoisotopic (exact) mass is 384 g/mol. The number of hydrogen-bond donors (Lipinski definition) is 0. The van der Waals surface area contributed by atoms with Crippen LogP contribution < -0.4 is 0 Å². The van der Waals surface area contributed by atoms with Crippen LogP contribution in [0.3, 0.4) is 0 Å². The van der Waals surface area contributed by atoms with Crippen LogP contribution in [0.25, 0.3) is 23.2 Å². The molecule has 0 fully saturated rings. The first-order valence-corrected chi connectivity index (χ1v) is 10.1. The summed E-state index contributed by atoms with van der Waals surface area (Å²) in [5.41, 5.74) is 4.47. The summed E-state index contributed by atoms with van der Waals surface area (Å²) in [6.45, 7) is 2.09. The van der Waals surface area contributed by atoms with Crippen molar-refractivity contribution >= 4 is 17.8 Å². The van der Waals surface area contributed by atoms with Gasteiger partial charge in [-0.15, -0.1) is 10.2 Å². The Bertz CT molecular complexity index is 1050. The van der Waals surface area contributed by atoms with Crippen molar-refractivity contribution in [3.63, 3.8) is 0 Å². The molecule has 0 saturated heterocycles. The maximum atomic E-state index is 4.46. The van der Waals surface area contributed by atoms with Gasteiger partial charge in [0.1, 0.15) is 0 Å². The molecular weight excluding hydrogens is 364 g/mol. The van der Waals surface area contributed by atoms with Crippen molar-refractivity contribution in [1.29, 1.82) is 0 Å². The van der Waals surface area contributed by atoms with Gasteiger partial charge in [-0.25, -0.2) is 0 Å². The van der Waals surface area contributed by atoms with Crippen molar-refractivity contribution in [3.05, 3.63) is 96.3 Å². The summed E-state index contributed by atoms with van der Waals surface area (Å²) in [4.78, 5) is 4.11. The number of nitrogens with zero attached hydrogens (tertiary/aromatic N) is 4. The van der Waals surface area contributed by atoms with Gasteiger partial charge < -0.3 is 0 Å². The molecule has 0 aliphatic rings. The van der Waals surface area contributed by atoms with Crippen LogP contribution in [0, 0.1) is 6.92 Å². The number of aryl methyl sites for hydroxylation is 1. The largest absolute Gasteiger partial charge is 0.270 e. The van der Waals surface area contributed by atoms with E-state index in [1.165, 1.54) is 11.1 Å². The fourth-order valence-corrected chi connectivity index (χ4v) is 3.61. The lowest BCUT2D eigenvalue weighted by molar-refractivity contribution is 0.887. The first-order valence-electron chi connectivity index (χ1n) is 9.08. The van der Waals surface area contributed by atoms with Gasteiger partial charge in [0.05, 0.1) is 0 Å². The Labute approximate surface area is 169 Å². The van der Waals surface area contributed by atoms with Gasteiger partial charge in [0.2, 0.25) is 0 Å². The lowest BCUT2D eigenvalue weighted by Gasteiger charge is -2.10. The van der Waals surface area contributed by atoms with Crippen molar-refractivity contribution < 1.29 is 0 Å². The van der Waals surface area contributed by atoms with Crippen molar-refractivity contribution in [3.8, 4) is 17.1 Å². The Morgan fingerprint density at radius 3 is 2.39 bits per heavy atom. The molecule has 0 atom stereocenters. The third-order valence-corrected chi connectivity index (χ3v) is 5.16. The van der Waals surface area contributed by atoms with E-state index >= 15 is 0 Å². The van der Waals surface area contributed by atoms with Crippen molar-refractivity contribution in [2.45, 2.75) is 12.1 Å². The van der Waals surface area contributed by atoms with Crippen LogP contribution >= 0.6 is 11.8 Å². The van der Waals surface area contributed by atoms with Crippen LogP contribution in [0.2, 0.25) is 0 Å². The summed E-state index contributed by atoms with van der Waals surface area (Å²) in [5, 5.41) is 9.79. The van der Waals surface area contributed by atoms with Gasteiger partial charge >= 0.3 is 0 Å². The van der Waals surface area contributed by atoms with Crippen molar-refractivity contribution in [1.82, 2.24) is 19.7 Å². The highest BCUT2D eigenvalue weighted by Gasteiger charge is 2.15. The molecule has 0 aliphatic carbocycles. The summed E-state index contributed by atoms with van der Waals surface area (Å²) in [6.07, 6.45) is 7.83. The zero-order chi connectivity index (χ0) is 19.2. The average molecular weight is 385 g/mol. The SMILES string of the molecule is Cc1ccc(-n2c(SC/C=C/c3ccccc3)nnc2-c2ccncc2)cc1. The summed E-state index contributed by atoms with van der Waals surface area (Å²) in [7, 11) is 0. The quantitative estimate of drug-likeness (QED) is 0.415. The number of benzene rings is 2. The molecule has 5 heteroatoms. The molecule has 2 heterocycles. The highest BCUT2D eigenvalue weighted by Crippen LogP contribution is 2.28. The Morgan fingerprint density at radius 1 is 0.893 bits per heavy atom. The Kier molecular flexibility index (Phi) is 5.64. The average Bonchev–Trinajstić information content (AvgIpc) is 3.17. The molecular formula is C23H20N4S. The molecule has 2 aromatic carbocycles. The van der Waals surface area contributed by atoms with E-state index in [1.807, 2.05) is 30.3 Å². The van der Waals surface area contributed by atoms with Gasteiger partial charge in [-0.3, -0.25) is 9.55 Å². The second-order valence-electron chi connectivity index (χ2n) is 6.34. The number of aromatic nitrogens is 4. The Hall–Kier alpha value is -3.18. The minimum atomic E-state index is 0.815. The van der Waals surface area contributed by atoms with E-state index in [1.54, 1.807) is 24.2 Å². The molecule has 0 radical (unpaired) electrons. The van der Waals surface area contributed by atoms with Crippen molar-refractivity contribution in [2.24, 2.45) is 0 Å². The van der Waals surface area contributed by atoms with Gasteiger partial charge in [-0.05, 0) is 36.8 Å². The molecule has 0 spiro atoms. The van der Waals surface area contributed by atoms with Gasteiger partial charge in [0.15, 0.2) is 11.0 Å². The molecule has 4 aromatic rings. The lowest BCUT2D eigenvalue weighted by Crippen LogP contribution is -2.00. The molecule has 0 saturated carbocycles. The van der Waals surface area contributed by atoms with E-state index < -0.39 is 0 Å². The number of pyridine rings is 1. The minimum Gasteiger partial charge on any atom is -0.270 e. The third kappa shape index (κ3) is 4.21. The number of thioether (sulfide) groups is 1. The highest BCUT2D eigenvalue weighted by atomic mass is 32.2. The fourth-order valence-electron chi connectivity index (χ4n) is 2.85. The molecule has 2 aromatic heterocycles. The van der Waals surface area contributed by atoms with Crippen LogP contribution in [0.15, 0.2) is 90.4 Å². The van der Waals surface area contributed by atoms with Crippen LogP contribution in [0.5, 0.6) is 0 Å². The summed E-state index contributed by atoms with van der Waals surface area (Å²) in [6, 6.07) is 22.6. The first kappa shape index (κ1) is 18.2. The van der Waals surface area contributed by atoms with E-state index in [4.69, 9.17) is 0 Å². The predicted molar refractivity (Wildman–Crippen MR) is 116 cm³/mol. The van der Waals surface area contributed by atoms with Gasteiger partial charge in [-0.2, -0.15) is 0 Å². The lowest BCUT2D eigenvalue weighted by atomic mass is 10.2. The van der Waals surface area contributed by atoms with E-state index in [0.29, 0.717) is 0 Å². The fraction of sp³-hybridized carbons (Fsp3) is 0.0870. The second kappa shape index (κ2) is 8.67. The highest BCUT2D eigenvalue weighted by molar-refractivity contribution is 7.99. The minimum absolute atomic E-state index is 0.815.